The zero-order valence-corrected chi connectivity index (χ0v) is 17.7. The Kier molecular flexibility index (Phi) is 6.19. The minimum Gasteiger partial charge on any atom is -0.488 e. The molecule has 6 heteroatoms. The van der Waals surface area contributed by atoms with Crippen molar-refractivity contribution < 1.29 is 24.8 Å². The summed E-state index contributed by atoms with van der Waals surface area (Å²) < 4.78 is 12.0. The number of aliphatic hydroxyl groups excluding tert-OH is 3. The van der Waals surface area contributed by atoms with Crippen LogP contribution < -0.4 is 4.74 Å². The Morgan fingerprint density at radius 1 is 1.23 bits per heavy atom. The second-order valence-corrected chi connectivity index (χ2v) is 8.52. The third-order valence-electron chi connectivity index (χ3n) is 5.95. The topological polar surface area (TPSA) is 79.2 Å². The molecule has 3 N–H and O–H groups in total. The quantitative estimate of drug-likeness (QED) is 0.677. The molecule has 2 aliphatic rings. The maximum Gasteiger partial charge on any atom is 0.142 e. The lowest BCUT2D eigenvalue weighted by Gasteiger charge is -2.37. The van der Waals surface area contributed by atoms with Crippen molar-refractivity contribution in [1.29, 1.82) is 0 Å². The lowest BCUT2D eigenvalue weighted by Crippen LogP contribution is -2.47. The molecule has 2 heterocycles. The Bertz CT molecular complexity index is 926. The Balaban J connectivity index is 1.72. The van der Waals surface area contributed by atoms with Crippen molar-refractivity contribution in [3.8, 4) is 5.75 Å². The lowest BCUT2D eigenvalue weighted by molar-refractivity contribution is -0.181. The van der Waals surface area contributed by atoms with E-state index in [2.05, 4.69) is 6.58 Å². The average Bonchev–Trinajstić information content (AvgIpc) is 3.14. The van der Waals surface area contributed by atoms with Gasteiger partial charge < -0.3 is 24.8 Å². The van der Waals surface area contributed by atoms with Gasteiger partial charge in [0.25, 0.3) is 0 Å². The summed E-state index contributed by atoms with van der Waals surface area (Å²) in [5.74, 6) is 0.670. The van der Waals surface area contributed by atoms with E-state index >= 15 is 0 Å². The van der Waals surface area contributed by atoms with Gasteiger partial charge in [0.2, 0.25) is 0 Å². The molecule has 0 amide bonds. The van der Waals surface area contributed by atoms with Crippen molar-refractivity contribution in [2.75, 3.05) is 6.61 Å². The van der Waals surface area contributed by atoms with E-state index in [1.165, 1.54) is 0 Å². The number of rotatable bonds is 5. The van der Waals surface area contributed by atoms with Gasteiger partial charge >= 0.3 is 0 Å². The van der Waals surface area contributed by atoms with Gasteiger partial charge in [-0.15, -0.1) is 0 Å². The van der Waals surface area contributed by atoms with Crippen LogP contribution in [0.25, 0.3) is 6.08 Å². The summed E-state index contributed by atoms with van der Waals surface area (Å²) in [6.45, 7) is 5.41. The molecule has 1 fully saturated rings. The standard InChI is InChI=1S/C24H27ClO5/c1-3-14-4-6-15(7-5-14)9-16-10-17(18-8-13(2)29-24(18)22(16)25)20-11-19(27)23(28)21(12-26)30-20/h3-7,10,13,19-21,23,26-28H,1,8-9,11-12H2,2H3/t13?,19?,20?,21?,23-/m0/s1. The molecule has 1 saturated heterocycles. The first kappa shape index (κ1) is 21.3. The molecule has 0 spiro atoms. The van der Waals surface area contributed by atoms with Gasteiger partial charge in [-0.05, 0) is 35.6 Å². The van der Waals surface area contributed by atoms with Gasteiger partial charge in [-0.1, -0.05) is 54.6 Å². The number of fused-ring (bicyclic) bond motifs is 1. The fraction of sp³-hybridized carbons (Fsp3) is 0.417. The molecule has 5 atom stereocenters. The molecule has 0 aromatic heterocycles. The average molecular weight is 431 g/mol. The summed E-state index contributed by atoms with van der Waals surface area (Å²) in [6, 6.07) is 10.1. The first-order valence-corrected chi connectivity index (χ1v) is 10.6. The summed E-state index contributed by atoms with van der Waals surface area (Å²) in [6.07, 6.45) is -0.0128. The van der Waals surface area contributed by atoms with Crippen LogP contribution in [0.5, 0.6) is 5.75 Å². The second kappa shape index (κ2) is 8.69. The van der Waals surface area contributed by atoms with Gasteiger partial charge in [-0.25, -0.2) is 0 Å². The third kappa shape index (κ3) is 4.01. The van der Waals surface area contributed by atoms with E-state index in [0.29, 0.717) is 23.6 Å². The molecule has 2 aromatic carbocycles. The van der Waals surface area contributed by atoms with Gasteiger partial charge in [0.1, 0.15) is 24.1 Å². The summed E-state index contributed by atoms with van der Waals surface area (Å²) in [5.41, 5.74) is 4.95. The van der Waals surface area contributed by atoms with Crippen LogP contribution in [0.2, 0.25) is 5.02 Å². The van der Waals surface area contributed by atoms with Crippen LogP contribution in [0.3, 0.4) is 0 Å². The maximum absolute atomic E-state index is 10.3. The number of hydrogen-bond acceptors (Lipinski definition) is 5. The molecule has 0 saturated carbocycles. The highest BCUT2D eigenvalue weighted by Crippen LogP contribution is 2.45. The highest BCUT2D eigenvalue weighted by molar-refractivity contribution is 6.33. The van der Waals surface area contributed by atoms with E-state index < -0.39 is 24.4 Å². The molecule has 0 radical (unpaired) electrons. The number of ether oxygens (including phenoxy) is 2. The van der Waals surface area contributed by atoms with E-state index in [1.807, 2.05) is 37.3 Å². The Hall–Kier alpha value is -1.89. The highest BCUT2D eigenvalue weighted by atomic mass is 35.5. The molecule has 4 rings (SSSR count). The molecular formula is C24H27ClO5. The van der Waals surface area contributed by atoms with Crippen LogP contribution in [-0.2, 0) is 17.6 Å². The molecule has 5 nitrogen and oxygen atoms in total. The molecule has 0 aliphatic carbocycles. The van der Waals surface area contributed by atoms with Crippen molar-refractivity contribution >= 4 is 17.7 Å². The molecular weight excluding hydrogens is 404 g/mol. The van der Waals surface area contributed by atoms with Crippen LogP contribution in [0.15, 0.2) is 36.9 Å². The van der Waals surface area contributed by atoms with E-state index in [1.54, 1.807) is 6.08 Å². The summed E-state index contributed by atoms with van der Waals surface area (Å²) in [4.78, 5) is 0. The van der Waals surface area contributed by atoms with E-state index in [-0.39, 0.29) is 19.1 Å². The van der Waals surface area contributed by atoms with E-state index in [0.717, 1.165) is 27.8 Å². The summed E-state index contributed by atoms with van der Waals surface area (Å²) in [7, 11) is 0. The maximum atomic E-state index is 10.3. The smallest absolute Gasteiger partial charge is 0.142 e. The van der Waals surface area contributed by atoms with Crippen molar-refractivity contribution in [3.05, 3.63) is 69.8 Å². The van der Waals surface area contributed by atoms with Crippen molar-refractivity contribution in [2.24, 2.45) is 0 Å². The zero-order valence-electron chi connectivity index (χ0n) is 16.9. The fourth-order valence-corrected chi connectivity index (χ4v) is 4.60. The zero-order chi connectivity index (χ0) is 21.4. The summed E-state index contributed by atoms with van der Waals surface area (Å²) in [5, 5.41) is 30.6. The van der Waals surface area contributed by atoms with E-state index in [4.69, 9.17) is 21.1 Å². The number of aliphatic hydroxyl groups is 3. The van der Waals surface area contributed by atoms with Crippen LogP contribution in [0, 0.1) is 0 Å². The Morgan fingerprint density at radius 2 is 1.97 bits per heavy atom. The van der Waals surface area contributed by atoms with Gasteiger partial charge in [-0.2, -0.15) is 0 Å². The molecule has 4 unspecified atom stereocenters. The molecule has 30 heavy (non-hydrogen) atoms. The SMILES string of the molecule is C=Cc1ccc(Cc2cc(C3CC(O)[C@H](O)C(CO)O3)c3c(c2Cl)OC(C)C3)cc1. The highest BCUT2D eigenvalue weighted by Gasteiger charge is 2.39. The number of hydrogen-bond donors (Lipinski definition) is 3. The predicted octanol–water partition coefficient (Wildman–Crippen LogP) is 3.44. The molecule has 2 aliphatic heterocycles. The van der Waals surface area contributed by atoms with Gasteiger partial charge in [0, 0.05) is 18.4 Å². The van der Waals surface area contributed by atoms with Crippen LogP contribution in [0.1, 0.15) is 47.3 Å². The molecule has 2 aromatic rings. The van der Waals surface area contributed by atoms with Gasteiger partial charge in [0.15, 0.2) is 0 Å². The minimum atomic E-state index is -1.11. The van der Waals surface area contributed by atoms with Crippen molar-refractivity contribution in [3.63, 3.8) is 0 Å². The Labute approximate surface area is 181 Å². The normalized spacial score (nSPS) is 28.1. The van der Waals surface area contributed by atoms with E-state index in [9.17, 15) is 15.3 Å². The number of halogens is 1. The van der Waals surface area contributed by atoms with Crippen molar-refractivity contribution in [2.45, 2.75) is 56.7 Å². The van der Waals surface area contributed by atoms with Gasteiger partial charge in [-0.3, -0.25) is 0 Å². The van der Waals surface area contributed by atoms with Crippen LogP contribution in [0.4, 0.5) is 0 Å². The monoisotopic (exact) mass is 430 g/mol. The van der Waals surface area contributed by atoms with Crippen LogP contribution >= 0.6 is 11.6 Å². The fourth-order valence-electron chi connectivity index (χ4n) is 4.32. The summed E-state index contributed by atoms with van der Waals surface area (Å²) >= 11 is 6.74. The first-order valence-electron chi connectivity index (χ1n) is 10.3. The third-order valence-corrected chi connectivity index (χ3v) is 6.37. The molecule has 160 valence electrons. The van der Waals surface area contributed by atoms with Crippen molar-refractivity contribution in [1.82, 2.24) is 0 Å². The lowest BCUT2D eigenvalue weighted by atomic mass is 9.88. The first-order chi connectivity index (χ1) is 14.4. The Morgan fingerprint density at radius 3 is 2.63 bits per heavy atom. The number of benzene rings is 2. The minimum absolute atomic E-state index is 0.00822. The second-order valence-electron chi connectivity index (χ2n) is 8.14. The van der Waals surface area contributed by atoms with Crippen LogP contribution in [-0.4, -0.2) is 46.3 Å². The van der Waals surface area contributed by atoms with Gasteiger partial charge in [0.05, 0.1) is 23.8 Å². The largest absolute Gasteiger partial charge is 0.488 e. The predicted molar refractivity (Wildman–Crippen MR) is 116 cm³/mol. The molecule has 0 bridgehead atoms.